The van der Waals surface area contributed by atoms with Crippen LogP contribution in [-0.2, 0) is 0 Å². The number of aliphatic hydroxyl groups is 2. The molecule has 1 heterocycles. The summed E-state index contributed by atoms with van der Waals surface area (Å²) >= 11 is 1.90. The zero-order chi connectivity index (χ0) is 19.1. The number of halogens is 4. The van der Waals surface area contributed by atoms with Gasteiger partial charge < -0.3 is 20.4 Å². The zero-order valence-corrected chi connectivity index (χ0v) is 15.4. The molecule has 2 aromatic rings. The molecule has 0 aliphatic carbocycles. The number of likely N-dealkylation sites (tertiary alicyclic amines) is 1. The minimum Gasteiger partial charge on any atom is -0.393 e. The number of amides is 1. The standard InChI is InChI=1S/C17H14F3IN2O3/c18-11-3-2-10(16(25)23-6-17(26,7-23)8-24)15(14(11)20)22-13-4-1-9(21)5-12(13)19/h1-5,22,24,26H,6-8H2. The number of carbonyl (C=O) groups is 1. The first-order valence-corrected chi connectivity index (χ1v) is 8.64. The van der Waals surface area contributed by atoms with E-state index in [4.69, 9.17) is 5.11 Å². The van der Waals surface area contributed by atoms with Crippen molar-refractivity contribution in [3.05, 3.63) is 56.9 Å². The molecule has 1 amide bonds. The fraction of sp³-hybridized carbons (Fsp3) is 0.235. The third-order valence-electron chi connectivity index (χ3n) is 4.07. The van der Waals surface area contributed by atoms with E-state index in [0.29, 0.717) is 3.57 Å². The molecule has 1 aliphatic heterocycles. The number of benzene rings is 2. The Kier molecular flexibility index (Phi) is 5.13. The number of rotatable bonds is 4. The van der Waals surface area contributed by atoms with Crippen LogP contribution in [-0.4, -0.2) is 46.3 Å². The zero-order valence-electron chi connectivity index (χ0n) is 13.3. The van der Waals surface area contributed by atoms with Crippen molar-refractivity contribution in [2.45, 2.75) is 5.60 Å². The van der Waals surface area contributed by atoms with Crippen molar-refractivity contribution in [1.82, 2.24) is 4.90 Å². The Balaban J connectivity index is 1.94. The monoisotopic (exact) mass is 478 g/mol. The quantitative estimate of drug-likeness (QED) is 0.592. The normalized spacial score (nSPS) is 15.5. The van der Waals surface area contributed by atoms with Crippen LogP contribution in [0.4, 0.5) is 24.5 Å². The lowest BCUT2D eigenvalue weighted by Crippen LogP contribution is -2.65. The largest absolute Gasteiger partial charge is 0.393 e. The Morgan fingerprint density at radius 3 is 2.50 bits per heavy atom. The molecule has 1 aliphatic rings. The SMILES string of the molecule is O=C(c1ccc(F)c(F)c1Nc1ccc(I)cc1F)N1CC(O)(CO)C1. The second-order valence-electron chi connectivity index (χ2n) is 6.08. The summed E-state index contributed by atoms with van der Waals surface area (Å²) in [6, 6.07) is 6.02. The van der Waals surface area contributed by atoms with Gasteiger partial charge in [-0.3, -0.25) is 4.79 Å². The van der Waals surface area contributed by atoms with Gasteiger partial charge in [0.1, 0.15) is 11.4 Å². The smallest absolute Gasteiger partial charge is 0.256 e. The minimum absolute atomic E-state index is 0.112. The number of hydrogen-bond acceptors (Lipinski definition) is 4. The molecule has 0 aromatic heterocycles. The van der Waals surface area contributed by atoms with Gasteiger partial charge in [-0.25, -0.2) is 13.2 Å². The topological polar surface area (TPSA) is 72.8 Å². The third kappa shape index (κ3) is 3.51. The van der Waals surface area contributed by atoms with Crippen LogP contribution in [0.25, 0.3) is 0 Å². The highest BCUT2D eigenvalue weighted by atomic mass is 127. The fourth-order valence-corrected chi connectivity index (χ4v) is 3.11. The van der Waals surface area contributed by atoms with E-state index in [1.807, 2.05) is 22.6 Å². The van der Waals surface area contributed by atoms with Gasteiger partial charge >= 0.3 is 0 Å². The van der Waals surface area contributed by atoms with Crippen LogP contribution in [0.3, 0.4) is 0 Å². The first-order chi connectivity index (χ1) is 12.2. The molecule has 0 radical (unpaired) electrons. The lowest BCUT2D eigenvalue weighted by atomic mass is 9.94. The molecule has 9 heteroatoms. The maximum atomic E-state index is 14.3. The molecule has 2 aromatic carbocycles. The molecule has 0 spiro atoms. The molecule has 26 heavy (non-hydrogen) atoms. The highest BCUT2D eigenvalue weighted by molar-refractivity contribution is 14.1. The second kappa shape index (κ2) is 7.05. The first kappa shape index (κ1) is 18.9. The minimum atomic E-state index is -1.40. The van der Waals surface area contributed by atoms with Crippen LogP contribution in [0.1, 0.15) is 10.4 Å². The third-order valence-corrected chi connectivity index (χ3v) is 4.74. The van der Waals surface area contributed by atoms with Gasteiger partial charge in [0.05, 0.1) is 36.6 Å². The van der Waals surface area contributed by atoms with E-state index in [0.717, 1.165) is 12.1 Å². The number of nitrogens with one attached hydrogen (secondary N) is 1. The molecule has 0 bridgehead atoms. The molecule has 5 nitrogen and oxygen atoms in total. The summed E-state index contributed by atoms with van der Waals surface area (Å²) in [5, 5.41) is 21.3. The molecule has 0 saturated carbocycles. The number of hydrogen-bond donors (Lipinski definition) is 3. The van der Waals surface area contributed by atoms with E-state index in [1.165, 1.54) is 17.0 Å². The fourth-order valence-electron chi connectivity index (χ4n) is 2.65. The molecule has 138 valence electrons. The number of anilines is 2. The average Bonchev–Trinajstić information content (AvgIpc) is 2.57. The van der Waals surface area contributed by atoms with E-state index in [2.05, 4.69) is 5.32 Å². The van der Waals surface area contributed by atoms with Gasteiger partial charge in [-0.1, -0.05) is 0 Å². The Labute approximate surface area is 160 Å². The van der Waals surface area contributed by atoms with Crippen molar-refractivity contribution in [2.75, 3.05) is 25.0 Å². The first-order valence-electron chi connectivity index (χ1n) is 7.57. The maximum absolute atomic E-state index is 14.3. The van der Waals surface area contributed by atoms with Gasteiger partial charge in [0.15, 0.2) is 11.6 Å². The van der Waals surface area contributed by atoms with Gasteiger partial charge in [0.25, 0.3) is 5.91 Å². The summed E-state index contributed by atoms with van der Waals surface area (Å²) in [6.07, 6.45) is 0. The van der Waals surface area contributed by atoms with Crippen LogP contribution in [0, 0.1) is 21.0 Å². The van der Waals surface area contributed by atoms with E-state index in [1.54, 1.807) is 6.07 Å². The Bertz CT molecular complexity index is 873. The van der Waals surface area contributed by atoms with Crippen molar-refractivity contribution in [1.29, 1.82) is 0 Å². The van der Waals surface area contributed by atoms with Gasteiger partial charge in [-0.15, -0.1) is 0 Å². The van der Waals surface area contributed by atoms with E-state index < -0.39 is 41.3 Å². The van der Waals surface area contributed by atoms with E-state index in [9.17, 15) is 23.1 Å². The van der Waals surface area contributed by atoms with Crippen molar-refractivity contribution >= 4 is 39.9 Å². The molecular weight excluding hydrogens is 464 g/mol. The van der Waals surface area contributed by atoms with Crippen molar-refractivity contribution in [3.8, 4) is 0 Å². The van der Waals surface area contributed by atoms with Crippen LogP contribution in [0.5, 0.6) is 0 Å². The average molecular weight is 478 g/mol. The number of carbonyl (C=O) groups excluding carboxylic acids is 1. The van der Waals surface area contributed by atoms with Gasteiger partial charge in [-0.05, 0) is 52.9 Å². The van der Waals surface area contributed by atoms with E-state index in [-0.39, 0.29) is 24.3 Å². The van der Waals surface area contributed by atoms with Gasteiger partial charge in [0.2, 0.25) is 0 Å². The highest BCUT2D eigenvalue weighted by Gasteiger charge is 2.44. The van der Waals surface area contributed by atoms with E-state index >= 15 is 0 Å². The summed E-state index contributed by atoms with van der Waals surface area (Å²) in [4.78, 5) is 13.7. The second-order valence-corrected chi connectivity index (χ2v) is 7.32. The molecule has 1 fully saturated rings. The van der Waals surface area contributed by atoms with Crippen LogP contribution < -0.4 is 5.32 Å². The molecule has 0 atom stereocenters. The summed E-state index contributed by atoms with van der Waals surface area (Å²) in [7, 11) is 0. The number of aliphatic hydroxyl groups excluding tert-OH is 1. The van der Waals surface area contributed by atoms with Crippen molar-refractivity contribution in [3.63, 3.8) is 0 Å². The number of nitrogens with zero attached hydrogens (tertiary/aromatic N) is 1. The summed E-state index contributed by atoms with van der Waals surface area (Å²) in [5.74, 6) is -3.86. The molecule has 1 saturated heterocycles. The van der Waals surface area contributed by atoms with Gasteiger partial charge in [0, 0.05) is 3.57 Å². The lowest BCUT2D eigenvalue weighted by Gasteiger charge is -2.45. The van der Waals surface area contributed by atoms with Crippen LogP contribution in [0.15, 0.2) is 30.3 Å². The van der Waals surface area contributed by atoms with Crippen LogP contribution >= 0.6 is 22.6 Å². The molecule has 0 unspecified atom stereocenters. The van der Waals surface area contributed by atoms with Crippen molar-refractivity contribution < 1.29 is 28.2 Å². The Hall–Kier alpha value is -1.85. The Morgan fingerprint density at radius 2 is 1.88 bits per heavy atom. The van der Waals surface area contributed by atoms with Crippen molar-refractivity contribution in [2.24, 2.45) is 0 Å². The predicted octanol–water partition coefficient (Wildman–Crippen LogP) is 2.63. The van der Waals surface area contributed by atoms with Crippen LogP contribution in [0.2, 0.25) is 0 Å². The number of β-amino-alcohol motifs (C(OH)–C–C–N with tert-alkyl or cyclic N) is 1. The lowest BCUT2D eigenvalue weighted by molar-refractivity contribution is -0.109. The van der Waals surface area contributed by atoms with Gasteiger partial charge in [-0.2, -0.15) is 0 Å². The summed E-state index contributed by atoms with van der Waals surface area (Å²) < 4.78 is 42.6. The summed E-state index contributed by atoms with van der Waals surface area (Å²) in [6.45, 7) is -0.801. The molecular formula is C17H14F3IN2O3. The molecule has 3 rings (SSSR count). The summed E-state index contributed by atoms with van der Waals surface area (Å²) in [5.41, 5.74) is -2.21. The maximum Gasteiger partial charge on any atom is 0.256 e. The Morgan fingerprint density at radius 1 is 1.19 bits per heavy atom. The highest BCUT2D eigenvalue weighted by Crippen LogP contribution is 2.31. The molecule has 3 N–H and O–H groups in total. The predicted molar refractivity (Wildman–Crippen MR) is 96.7 cm³/mol.